The molecule has 2 aromatic rings. The Morgan fingerprint density at radius 2 is 2.22 bits per heavy atom. The van der Waals surface area contributed by atoms with Gasteiger partial charge in [-0.1, -0.05) is 0 Å². The predicted molar refractivity (Wildman–Crippen MR) is 72.7 cm³/mol. The van der Waals surface area contributed by atoms with E-state index in [9.17, 15) is 0 Å². The van der Waals surface area contributed by atoms with Crippen molar-refractivity contribution in [3.05, 3.63) is 30.0 Å². The number of nitrogens with two attached hydrogens (primary N) is 1. The number of hydrogen-bond acceptors (Lipinski definition) is 4. The number of pyridine rings is 1. The molecule has 4 nitrogen and oxygen atoms in total. The van der Waals surface area contributed by atoms with Crippen LogP contribution in [0.3, 0.4) is 0 Å². The Morgan fingerprint density at radius 1 is 1.39 bits per heavy atom. The third-order valence-electron chi connectivity index (χ3n) is 3.25. The summed E-state index contributed by atoms with van der Waals surface area (Å²) in [6.45, 7) is 2.65. The van der Waals surface area contributed by atoms with Crippen LogP contribution in [0.15, 0.2) is 24.3 Å². The molecule has 1 aromatic heterocycles. The molecule has 4 heteroatoms. The van der Waals surface area contributed by atoms with E-state index in [1.807, 2.05) is 25.1 Å². The standard InChI is InChI=1S/C14H17N3O/c1-2-18-11-5-6-12-10(7-11)8-13(17-15)14(16-12)9-3-4-9/h5-9,17H,2-4,15H2,1H3. The third-order valence-corrected chi connectivity index (χ3v) is 3.25. The van der Waals surface area contributed by atoms with Crippen molar-refractivity contribution in [2.45, 2.75) is 25.7 Å². The molecule has 0 unspecified atom stereocenters. The average molecular weight is 243 g/mol. The van der Waals surface area contributed by atoms with Crippen molar-refractivity contribution in [1.82, 2.24) is 4.98 Å². The number of nitrogens with one attached hydrogen (secondary N) is 1. The largest absolute Gasteiger partial charge is 0.494 e. The Kier molecular flexibility index (Phi) is 2.80. The normalized spacial score (nSPS) is 14.8. The van der Waals surface area contributed by atoms with Crippen LogP contribution >= 0.6 is 0 Å². The lowest BCUT2D eigenvalue weighted by Gasteiger charge is -2.10. The van der Waals surface area contributed by atoms with Crippen molar-refractivity contribution < 1.29 is 4.74 Å². The lowest BCUT2D eigenvalue weighted by Crippen LogP contribution is -2.10. The first-order valence-corrected chi connectivity index (χ1v) is 6.36. The summed E-state index contributed by atoms with van der Waals surface area (Å²) in [6, 6.07) is 8.03. The molecule has 3 N–H and O–H groups in total. The van der Waals surface area contributed by atoms with Crippen LogP contribution in [0.1, 0.15) is 31.4 Å². The highest BCUT2D eigenvalue weighted by atomic mass is 16.5. The molecule has 1 heterocycles. The molecule has 0 bridgehead atoms. The van der Waals surface area contributed by atoms with Crippen LogP contribution in [0.5, 0.6) is 5.75 Å². The molecule has 0 atom stereocenters. The zero-order chi connectivity index (χ0) is 12.5. The van der Waals surface area contributed by atoms with Crippen LogP contribution in [0, 0.1) is 0 Å². The zero-order valence-corrected chi connectivity index (χ0v) is 10.4. The first kappa shape index (κ1) is 11.3. The second kappa shape index (κ2) is 4.46. The average Bonchev–Trinajstić information content (AvgIpc) is 3.22. The first-order valence-electron chi connectivity index (χ1n) is 6.36. The summed E-state index contributed by atoms with van der Waals surface area (Å²) in [7, 11) is 0. The number of benzene rings is 1. The number of ether oxygens (including phenoxy) is 1. The van der Waals surface area contributed by atoms with Gasteiger partial charge in [0, 0.05) is 11.3 Å². The van der Waals surface area contributed by atoms with E-state index in [1.54, 1.807) is 0 Å². The van der Waals surface area contributed by atoms with Crippen molar-refractivity contribution in [2.75, 3.05) is 12.0 Å². The minimum atomic E-state index is 0.576. The Balaban J connectivity index is 2.09. The fraction of sp³-hybridized carbons (Fsp3) is 0.357. The van der Waals surface area contributed by atoms with Crippen LogP contribution in [-0.2, 0) is 0 Å². The zero-order valence-electron chi connectivity index (χ0n) is 10.4. The molecule has 0 saturated heterocycles. The lowest BCUT2D eigenvalue weighted by atomic mass is 10.1. The molecule has 1 aromatic carbocycles. The van der Waals surface area contributed by atoms with E-state index in [4.69, 9.17) is 15.6 Å². The predicted octanol–water partition coefficient (Wildman–Crippen LogP) is 2.80. The van der Waals surface area contributed by atoms with Crippen LogP contribution in [0.25, 0.3) is 10.9 Å². The van der Waals surface area contributed by atoms with Gasteiger partial charge < -0.3 is 10.2 Å². The SMILES string of the molecule is CCOc1ccc2nc(C3CC3)c(NN)cc2c1. The summed E-state index contributed by atoms with van der Waals surface area (Å²) in [5.74, 6) is 7.03. The van der Waals surface area contributed by atoms with Crippen molar-refractivity contribution in [3.8, 4) is 5.75 Å². The van der Waals surface area contributed by atoms with E-state index in [1.165, 1.54) is 12.8 Å². The van der Waals surface area contributed by atoms with E-state index >= 15 is 0 Å². The van der Waals surface area contributed by atoms with Gasteiger partial charge >= 0.3 is 0 Å². The van der Waals surface area contributed by atoms with Crippen LogP contribution in [0.2, 0.25) is 0 Å². The number of hydrogen-bond donors (Lipinski definition) is 2. The van der Waals surface area contributed by atoms with Gasteiger partial charge in [0.25, 0.3) is 0 Å². The summed E-state index contributed by atoms with van der Waals surface area (Å²) < 4.78 is 5.50. The molecule has 0 aliphatic heterocycles. The number of rotatable bonds is 4. The number of fused-ring (bicyclic) bond motifs is 1. The molecule has 94 valence electrons. The van der Waals surface area contributed by atoms with Crippen molar-refractivity contribution in [3.63, 3.8) is 0 Å². The molecule has 1 aliphatic carbocycles. The summed E-state index contributed by atoms with van der Waals surface area (Å²) in [4.78, 5) is 4.71. The molecule has 0 amide bonds. The fourth-order valence-electron chi connectivity index (χ4n) is 2.21. The topological polar surface area (TPSA) is 60.2 Å². The molecular weight excluding hydrogens is 226 g/mol. The molecule has 0 radical (unpaired) electrons. The Morgan fingerprint density at radius 3 is 2.89 bits per heavy atom. The Labute approximate surface area is 106 Å². The summed E-state index contributed by atoms with van der Waals surface area (Å²) in [5, 5.41) is 1.05. The quantitative estimate of drug-likeness (QED) is 0.640. The molecule has 1 saturated carbocycles. The molecule has 0 spiro atoms. The van der Waals surface area contributed by atoms with Crippen molar-refractivity contribution >= 4 is 16.6 Å². The van der Waals surface area contributed by atoms with Gasteiger partial charge in [-0.3, -0.25) is 10.8 Å². The van der Waals surface area contributed by atoms with Gasteiger partial charge in [-0.25, -0.2) is 0 Å². The van der Waals surface area contributed by atoms with Crippen molar-refractivity contribution in [2.24, 2.45) is 5.84 Å². The Bertz CT molecular complexity index is 579. The molecule has 18 heavy (non-hydrogen) atoms. The van der Waals surface area contributed by atoms with Crippen molar-refractivity contribution in [1.29, 1.82) is 0 Å². The van der Waals surface area contributed by atoms with E-state index in [0.29, 0.717) is 12.5 Å². The number of nitrogen functional groups attached to an aromatic ring is 1. The molecule has 1 fully saturated rings. The van der Waals surface area contributed by atoms with Crippen LogP contribution in [-0.4, -0.2) is 11.6 Å². The maximum absolute atomic E-state index is 5.58. The smallest absolute Gasteiger partial charge is 0.120 e. The van der Waals surface area contributed by atoms with Gasteiger partial charge in [-0.2, -0.15) is 0 Å². The van der Waals surface area contributed by atoms with Gasteiger partial charge in [-0.05, 0) is 44.0 Å². The van der Waals surface area contributed by atoms with Gasteiger partial charge in [0.15, 0.2) is 0 Å². The monoisotopic (exact) mass is 243 g/mol. The second-order valence-electron chi connectivity index (χ2n) is 4.63. The highest BCUT2D eigenvalue weighted by Crippen LogP contribution is 2.43. The van der Waals surface area contributed by atoms with Crippen LogP contribution < -0.4 is 16.0 Å². The molecular formula is C14H17N3O. The van der Waals surface area contributed by atoms with Gasteiger partial charge in [0.1, 0.15) is 5.75 Å². The fourth-order valence-corrected chi connectivity index (χ4v) is 2.21. The number of hydrazine groups is 1. The van der Waals surface area contributed by atoms with Crippen LogP contribution in [0.4, 0.5) is 5.69 Å². The highest BCUT2D eigenvalue weighted by Gasteiger charge is 2.27. The highest BCUT2D eigenvalue weighted by molar-refractivity contribution is 5.84. The summed E-state index contributed by atoms with van der Waals surface area (Å²) >= 11 is 0. The maximum Gasteiger partial charge on any atom is 0.120 e. The van der Waals surface area contributed by atoms with E-state index < -0.39 is 0 Å². The second-order valence-corrected chi connectivity index (χ2v) is 4.63. The lowest BCUT2D eigenvalue weighted by molar-refractivity contribution is 0.340. The number of nitrogens with zero attached hydrogens (tertiary/aromatic N) is 1. The minimum Gasteiger partial charge on any atom is -0.494 e. The van der Waals surface area contributed by atoms with Gasteiger partial charge in [-0.15, -0.1) is 0 Å². The first-order chi connectivity index (χ1) is 8.81. The summed E-state index contributed by atoms with van der Waals surface area (Å²) in [6.07, 6.45) is 2.43. The number of anilines is 1. The van der Waals surface area contributed by atoms with E-state index in [2.05, 4.69) is 11.5 Å². The number of aromatic nitrogens is 1. The molecule has 3 rings (SSSR count). The van der Waals surface area contributed by atoms with Gasteiger partial charge in [0.05, 0.1) is 23.5 Å². The minimum absolute atomic E-state index is 0.576. The third kappa shape index (κ3) is 1.99. The van der Waals surface area contributed by atoms with E-state index in [-0.39, 0.29) is 0 Å². The molecule has 1 aliphatic rings. The van der Waals surface area contributed by atoms with Gasteiger partial charge in [0.2, 0.25) is 0 Å². The van der Waals surface area contributed by atoms with E-state index in [0.717, 1.165) is 28.0 Å². The Hall–Kier alpha value is -1.81. The summed E-state index contributed by atoms with van der Waals surface area (Å²) in [5.41, 5.74) is 5.78. The maximum atomic E-state index is 5.58.